The van der Waals surface area contributed by atoms with Crippen molar-refractivity contribution in [2.75, 3.05) is 24.2 Å². The Kier molecular flexibility index (Phi) is 10.0. The second kappa shape index (κ2) is 12.5. The molecule has 0 spiro atoms. The van der Waals surface area contributed by atoms with Crippen LogP contribution in [-0.2, 0) is 26.2 Å². The van der Waals surface area contributed by atoms with Crippen LogP contribution < -0.4 is 14.4 Å². The van der Waals surface area contributed by atoms with Crippen molar-refractivity contribution >= 4 is 33.2 Å². The van der Waals surface area contributed by atoms with Gasteiger partial charge in [-0.3, -0.25) is 24.0 Å². The normalized spacial score (nSPS) is 12.1. The van der Waals surface area contributed by atoms with Crippen LogP contribution in [0.5, 0.6) is 5.75 Å². The lowest BCUT2D eigenvalue weighted by atomic mass is 10.1. The Morgan fingerprint density at radius 2 is 1.81 bits per heavy atom. The fourth-order valence-electron chi connectivity index (χ4n) is 3.85. The molecule has 0 heterocycles. The summed E-state index contributed by atoms with van der Waals surface area (Å²) in [6.45, 7) is 6.63. The maximum Gasteiger partial charge on any atom is 0.271 e. The van der Waals surface area contributed by atoms with Gasteiger partial charge in [0.1, 0.15) is 24.0 Å². The van der Waals surface area contributed by atoms with E-state index in [1.807, 2.05) is 31.2 Å². The number of carbonyl (C=O) groups is 2. The summed E-state index contributed by atoms with van der Waals surface area (Å²) in [6, 6.07) is 9.84. The van der Waals surface area contributed by atoms with Gasteiger partial charge in [-0.25, -0.2) is 8.42 Å². The van der Waals surface area contributed by atoms with Crippen molar-refractivity contribution in [3.05, 3.63) is 63.7 Å². The highest BCUT2D eigenvalue weighted by Crippen LogP contribution is 2.34. The van der Waals surface area contributed by atoms with Crippen LogP contribution in [0.1, 0.15) is 38.3 Å². The van der Waals surface area contributed by atoms with E-state index in [2.05, 4.69) is 5.32 Å². The van der Waals surface area contributed by atoms with E-state index in [1.165, 1.54) is 24.1 Å². The number of anilines is 1. The van der Waals surface area contributed by atoms with Crippen LogP contribution in [0.25, 0.3) is 0 Å². The Bertz CT molecular complexity index is 1250. The number of nitro benzene ring substituents is 1. The number of non-ortho nitro benzene ring substituents is 1. The molecular weight excluding hydrogens is 500 g/mol. The highest BCUT2D eigenvalue weighted by Gasteiger charge is 2.33. The lowest BCUT2D eigenvalue weighted by Crippen LogP contribution is -2.53. The number of hydrogen-bond acceptors (Lipinski definition) is 7. The monoisotopic (exact) mass is 534 g/mol. The molecular formula is C25H34N4O7S. The van der Waals surface area contributed by atoms with Crippen LogP contribution in [0.3, 0.4) is 0 Å². The molecule has 0 aliphatic carbocycles. The molecule has 0 aromatic heterocycles. The molecule has 1 N–H and O–H groups in total. The number of rotatable bonds is 12. The Labute approximate surface area is 217 Å². The quantitative estimate of drug-likeness (QED) is 0.326. The lowest BCUT2D eigenvalue weighted by Gasteiger charge is -2.33. The molecule has 2 amide bonds. The molecule has 0 unspecified atom stereocenters. The maximum absolute atomic E-state index is 13.8. The minimum atomic E-state index is -4.09. The zero-order chi connectivity index (χ0) is 27.9. The number of benzene rings is 2. The number of nitrogens with zero attached hydrogens (tertiary/aromatic N) is 3. The van der Waals surface area contributed by atoms with Gasteiger partial charge in [-0.05, 0) is 44.4 Å². The second-order valence-corrected chi connectivity index (χ2v) is 10.8. The smallest absolute Gasteiger partial charge is 0.271 e. The molecule has 12 heteroatoms. The third kappa shape index (κ3) is 7.66. The number of sulfonamides is 1. The van der Waals surface area contributed by atoms with Crippen molar-refractivity contribution in [1.82, 2.24) is 10.2 Å². The van der Waals surface area contributed by atoms with Gasteiger partial charge in [0.05, 0.1) is 18.3 Å². The molecule has 0 aliphatic heterocycles. The van der Waals surface area contributed by atoms with E-state index in [4.69, 9.17) is 4.74 Å². The van der Waals surface area contributed by atoms with Gasteiger partial charge < -0.3 is 15.0 Å². The maximum atomic E-state index is 13.8. The predicted octanol–water partition coefficient (Wildman–Crippen LogP) is 3.01. The topological polar surface area (TPSA) is 139 Å². The molecule has 0 bridgehead atoms. The van der Waals surface area contributed by atoms with Crippen LogP contribution in [0, 0.1) is 17.0 Å². The molecule has 11 nitrogen and oxygen atoms in total. The zero-order valence-corrected chi connectivity index (χ0v) is 22.7. The molecule has 2 rings (SSSR count). The summed E-state index contributed by atoms with van der Waals surface area (Å²) < 4.78 is 31.6. The average Bonchev–Trinajstić information content (AvgIpc) is 2.81. The van der Waals surface area contributed by atoms with Crippen molar-refractivity contribution < 1.29 is 27.7 Å². The number of nitrogens with one attached hydrogen (secondary N) is 1. The molecule has 2 aromatic carbocycles. The summed E-state index contributed by atoms with van der Waals surface area (Å²) in [7, 11) is -2.80. The summed E-state index contributed by atoms with van der Waals surface area (Å²) in [5.74, 6) is -0.967. The standard InChI is InChI=1S/C25H34N4O7S/c1-7-21(25(31)26-17(2)3)27(15-19-11-9-8-10-18(19)4)24(30)16-28(37(6,34)35)22-14-20(29(32)33)12-13-23(22)36-5/h8-14,17,21H,7,15-16H2,1-6H3,(H,26,31)/t21-/m0/s1. The Morgan fingerprint density at radius 3 is 2.32 bits per heavy atom. The minimum absolute atomic E-state index is 0.0406. The van der Waals surface area contributed by atoms with Crippen LogP contribution in [0.4, 0.5) is 11.4 Å². The predicted molar refractivity (Wildman–Crippen MR) is 141 cm³/mol. The second-order valence-electron chi connectivity index (χ2n) is 8.92. The number of ether oxygens (including phenoxy) is 1. The Hall–Kier alpha value is -3.67. The molecule has 2 aromatic rings. The summed E-state index contributed by atoms with van der Waals surface area (Å²) in [5, 5.41) is 14.2. The highest BCUT2D eigenvalue weighted by atomic mass is 32.2. The average molecular weight is 535 g/mol. The van der Waals surface area contributed by atoms with E-state index in [9.17, 15) is 28.1 Å². The zero-order valence-electron chi connectivity index (χ0n) is 21.9. The Balaban J connectivity index is 2.58. The largest absolute Gasteiger partial charge is 0.495 e. The van der Waals surface area contributed by atoms with E-state index in [0.717, 1.165) is 27.8 Å². The first kappa shape index (κ1) is 29.6. The third-order valence-corrected chi connectivity index (χ3v) is 6.87. The summed E-state index contributed by atoms with van der Waals surface area (Å²) >= 11 is 0. The first-order chi connectivity index (χ1) is 17.3. The first-order valence-electron chi connectivity index (χ1n) is 11.7. The van der Waals surface area contributed by atoms with E-state index in [0.29, 0.717) is 0 Å². The van der Waals surface area contributed by atoms with Gasteiger partial charge in [0.15, 0.2) is 0 Å². The fraction of sp³-hybridized carbons (Fsp3) is 0.440. The summed E-state index contributed by atoms with van der Waals surface area (Å²) in [4.78, 5) is 38.9. The van der Waals surface area contributed by atoms with Gasteiger partial charge >= 0.3 is 0 Å². The van der Waals surface area contributed by atoms with Gasteiger partial charge in [-0.15, -0.1) is 0 Å². The molecule has 0 saturated heterocycles. The SMILES string of the molecule is CC[C@@H](C(=O)NC(C)C)N(Cc1ccccc1C)C(=O)CN(c1cc([N+](=O)[O-])ccc1OC)S(C)(=O)=O. The van der Waals surface area contributed by atoms with Crippen molar-refractivity contribution in [3.8, 4) is 5.75 Å². The number of carbonyl (C=O) groups excluding carboxylic acids is 2. The fourth-order valence-corrected chi connectivity index (χ4v) is 4.70. The van der Waals surface area contributed by atoms with Crippen LogP contribution in [0.2, 0.25) is 0 Å². The molecule has 0 saturated carbocycles. The van der Waals surface area contributed by atoms with Crippen molar-refractivity contribution in [3.63, 3.8) is 0 Å². The lowest BCUT2D eigenvalue weighted by molar-refractivity contribution is -0.384. The molecule has 37 heavy (non-hydrogen) atoms. The molecule has 0 radical (unpaired) electrons. The van der Waals surface area contributed by atoms with Gasteiger partial charge in [-0.1, -0.05) is 31.2 Å². The summed E-state index contributed by atoms with van der Waals surface area (Å²) in [6.07, 6.45) is 1.18. The van der Waals surface area contributed by atoms with E-state index < -0.39 is 33.4 Å². The number of nitro groups is 1. The molecule has 0 fully saturated rings. The highest BCUT2D eigenvalue weighted by molar-refractivity contribution is 7.92. The number of amides is 2. The van der Waals surface area contributed by atoms with E-state index in [1.54, 1.807) is 20.8 Å². The molecule has 0 aliphatic rings. The van der Waals surface area contributed by atoms with Crippen molar-refractivity contribution in [1.29, 1.82) is 0 Å². The van der Waals surface area contributed by atoms with Gasteiger partial charge in [-0.2, -0.15) is 0 Å². The third-order valence-electron chi connectivity index (χ3n) is 5.74. The van der Waals surface area contributed by atoms with Crippen LogP contribution in [0.15, 0.2) is 42.5 Å². The van der Waals surface area contributed by atoms with Gasteiger partial charge in [0, 0.05) is 24.7 Å². The molecule has 202 valence electrons. The Morgan fingerprint density at radius 1 is 1.16 bits per heavy atom. The number of methoxy groups -OCH3 is 1. The van der Waals surface area contributed by atoms with Crippen molar-refractivity contribution in [2.45, 2.75) is 52.7 Å². The minimum Gasteiger partial charge on any atom is -0.495 e. The number of aryl methyl sites for hydroxylation is 1. The van der Waals surface area contributed by atoms with Crippen molar-refractivity contribution in [2.24, 2.45) is 0 Å². The van der Waals surface area contributed by atoms with E-state index in [-0.39, 0.29) is 42.0 Å². The van der Waals surface area contributed by atoms with Gasteiger partial charge in [0.2, 0.25) is 21.8 Å². The van der Waals surface area contributed by atoms with Crippen LogP contribution in [-0.4, -0.2) is 62.0 Å². The first-order valence-corrected chi connectivity index (χ1v) is 13.6. The van der Waals surface area contributed by atoms with Crippen LogP contribution >= 0.6 is 0 Å². The number of hydrogen-bond donors (Lipinski definition) is 1. The molecule has 1 atom stereocenters. The van der Waals surface area contributed by atoms with E-state index >= 15 is 0 Å². The summed E-state index contributed by atoms with van der Waals surface area (Å²) in [5.41, 5.74) is 1.18. The van der Waals surface area contributed by atoms with Gasteiger partial charge in [0.25, 0.3) is 5.69 Å².